The standard InChI is InChI=1S/C12H12ClF2NO4S/c13-21(18,19)8-3-9(11(15)10(14)4-8)12(17)16-5-7-1-2-20-6-7/h3-4,7H,1-2,5-6H2,(H,16,17). The molecule has 1 amide bonds. The van der Waals surface area contributed by atoms with Crippen LogP contribution in [0, 0.1) is 17.6 Å². The first-order valence-electron chi connectivity index (χ1n) is 6.08. The largest absolute Gasteiger partial charge is 0.381 e. The minimum Gasteiger partial charge on any atom is -0.381 e. The van der Waals surface area contributed by atoms with Crippen LogP contribution in [0.5, 0.6) is 0 Å². The summed E-state index contributed by atoms with van der Waals surface area (Å²) in [4.78, 5) is 11.2. The Morgan fingerprint density at radius 1 is 1.43 bits per heavy atom. The number of amides is 1. The van der Waals surface area contributed by atoms with Crippen molar-refractivity contribution < 1.29 is 26.7 Å². The Morgan fingerprint density at radius 3 is 2.71 bits per heavy atom. The third-order valence-corrected chi connectivity index (χ3v) is 4.44. The number of ether oxygens (including phenoxy) is 1. The fraction of sp³-hybridized carbons (Fsp3) is 0.417. The molecule has 5 nitrogen and oxygen atoms in total. The van der Waals surface area contributed by atoms with E-state index in [1.165, 1.54) is 0 Å². The van der Waals surface area contributed by atoms with Crippen LogP contribution in [-0.4, -0.2) is 34.1 Å². The highest BCUT2D eigenvalue weighted by Crippen LogP contribution is 2.22. The molecular weight excluding hydrogens is 328 g/mol. The van der Waals surface area contributed by atoms with Crippen molar-refractivity contribution in [2.45, 2.75) is 11.3 Å². The Bertz CT molecular complexity index is 659. The molecule has 1 N–H and O–H groups in total. The molecule has 2 rings (SSSR count). The summed E-state index contributed by atoms with van der Waals surface area (Å²) in [5.41, 5.74) is -0.701. The topological polar surface area (TPSA) is 72.5 Å². The number of carbonyl (C=O) groups is 1. The molecule has 1 aliphatic heterocycles. The van der Waals surface area contributed by atoms with Gasteiger partial charge in [-0.15, -0.1) is 0 Å². The third kappa shape index (κ3) is 3.90. The quantitative estimate of drug-likeness (QED) is 0.847. The van der Waals surface area contributed by atoms with Crippen molar-refractivity contribution in [1.82, 2.24) is 5.32 Å². The van der Waals surface area contributed by atoms with Gasteiger partial charge in [0.05, 0.1) is 17.1 Å². The zero-order valence-electron chi connectivity index (χ0n) is 10.7. The molecule has 1 aromatic rings. The second-order valence-corrected chi connectivity index (χ2v) is 7.21. The van der Waals surface area contributed by atoms with Gasteiger partial charge in [-0.3, -0.25) is 4.79 Å². The van der Waals surface area contributed by atoms with E-state index >= 15 is 0 Å². The van der Waals surface area contributed by atoms with Gasteiger partial charge in [0.2, 0.25) is 0 Å². The van der Waals surface area contributed by atoms with Crippen LogP contribution in [-0.2, 0) is 13.8 Å². The summed E-state index contributed by atoms with van der Waals surface area (Å²) in [5, 5.41) is 2.42. The fourth-order valence-corrected chi connectivity index (χ4v) is 2.72. The van der Waals surface area contributed by atoms with Crippen LogP contribution in [0.4, 0.5) is 8.78 Å². The van der Waals surface area contributed by atoms with Crippen LogP contribution < -0.4 is 5.32 Å². The molecule has 1 unspecified atom stereocenters. The molecule has 0 aromatic heterocycles. The molecule has 9 heteroatoms. The zero-order chi connectivity index (χ0) is 15.6. The van der Waals surface area contributed by atoms with Gasteiger partial charge in [-0.1, -0.05) is 0 Å². The Balaban J connectivity index is 2.21. The van der Waals surface area contributed by atoms with Gasteiger partial charge >= 0.3 is 0 Å². The summed E-state index contributed by atoms with van der Waals surface area (Å²) in [6, 6.07) is 1.14. The van der Waals surface area contributed by atoms with Gasteiger partial charge < -0.3 is 10.1 Å². The maximum Gasteiger partial charge on any atom is 0.261 e. The van der Waals surface area contributed by atoms with Crippen molar-refractivity contribution in [1.29, 1.82) is 0 Å². The first kappa shape index (κ1) is 16.1. The van der Waals surface area contributed by atoms with Crippen LogP contribution >= 0.6 is 10.7 Å². The highest BCUT2D eigenvalue weighted by Gasteiger charge is 2.23. The fourth-order valence-electron chi connectivity index (χ4n) is 1.95. The summed E-state index contributed by atoms with van der Waals surface area (Å²) in [7, 11) is 0.812. The molecule has 21 heavy (non-hydrogen) atoms. The van der Waals surface area contributed by atoms with Crippen LogP contribution in [0.1, 0.15) is 16.8 Å². The van der Waals surface area contributed by atoms with E-state index in [0.29, 0.717) is 25.3 Å². The Hall–Kier alpha value is -1.25. The van der Waals surface area contributed by atoms with E-state index in [1.54, 1.807) is 0 Å². The first-order valence-corrected chi connectivity index (χ1v) is 8.39. The molecule has 0 spiro atoms. The average Bonchev–Trinajstić information content (AvgIpc) is 2.91. The van der Waals surface area contributed by atoms with E-state index in [-0.39, 0.29) is 12.5 Å². The number of benzene rings is 1. The lowest BCUT2D eigenvalue weighted by Gasteiger charge is -2.11. The molecule has 0 radical (unpaired) electrons. The van der Waals surface area contributed by atoms with E-state index in [1.807, 2.05) is 0 Å². The summed E-state index contributed by atoms with van der Waals surface area (Å²) in [6.45, 7) is 1.30. The molecule has 0 bridgehead atoms. The van der Waals surface area contributed by atoms with Crippen molar-refractivity contribution >= 4 is 25.6 Å². The van der Waals surface area contributed by atoms with Crippen LogP contribution in [0.25, 0.3) is 0 Å². The smallest absolute Gasteiger partial charge is 0.261 e. The monoisotopic (exact) mass is 339 g/mol. The predicted octanol–water partition coefficient (Wildman–Crippen LogP) is 1.66. The molecule has 1 heterocycles. The van der Waals surface area contributed by atoms with Crippen molar-refractivity contribution in [3.63, 3.8) is 0 Å². The van der Waals surface area contributed by atoms with E-state index in [9.17, 15) is 22.0 Å². The minimum atomic E-state index is -4.26. The lowest BCUT2D eigenvalue weighted by atomic mass is 10.1. The van der Waals surface area contributed by atoms with Crippen molar-refractivity contribution in [3.8, 4) is 0 Å². The summed E-state index contributed by atoms with van der Waals surface area (Å²) < 4.78 is 54.4. The Labute approximate surface area is 124 Å². The van der Waals surface area contributed by atoms with Crippen LogP contribution in [0.3, 0.4) is 0 Å². The molecule has 116 valence electrons. The maximum atomic E-state index is 13.6. The number of carbonyl (C=O) groups excluding carboxylic acids is 1. The van der Waals surface area contributed by atoms with Gasteiger partial charge in [-0.05, 0) is 18.6 Å². The van der Waals surface area contributed by atoms with Crippen LogP contribution in [0.2, 0.25) is 0 Å². The second kappa shape index (κ2) is 6.25. The SMILES string of the molecule is O=C(NCC1CCOC1)c1cc(S(=O)(=O)Cl)cc(F)c1F. The lowest BCUT2D eigenvalue weighted by molar-refractivity contribution is 0.0939. The summed E-state index contributed by atoms with van der Waals surface area (Å²) in [5.74, 6) is -3.67. The summed E-state index contributed by atoms with van der Waals surface area (Å²) >= 11 is 0. The van der Waals surface area contributed by atoms with Gasteiger partial charge in [0, 0.05) is 29.8 Å². The van der Waals surface area contributed by atoms with E-state index in [0.717, 1.165) is 6.42 Å². The highest BCUT2D eigenvalue weighted by molar-refractivity contribution is 8.13. The van der Waals surface area contributed by atoms with Crippen molar-refractivity contribution in [2.24, 2.45) is 5.92 Å². The molecule has 0 aliphatic carbocycles. The predicted molar refractivity (Wildman–Crippen MR) is 70.7 cm³/mol. The maximum absolute atomic E-state index is 13.6. The number of rotatable bonds is 4. The van der Waals surface area contributed by atoms with E-state index in [2.05, 4.69) is 5.32 Å². The molecular formula is C12H12ClF2NO4S. The van der Waals surface area contributed by atoms with Gasteiger partial charge in [-0.2, -0.15) is 0 Å². The molecule has 0 saturated carbocycles. The summed E-state index contributed by atoms with van der Waals surface area (Å²) in [6.07, 6.45) is 0.757. The molecule has 1 atom stereocenters. The van der Waals surface area contributed by atoms with Crippen LogP contribution in [0.15, 0.2) is 17.0 Å². The zero-order valence-corrected chi connectivity index (χ0v) is 12.3. The Kier molecular flexibility index (Phi) is 4.80. The number of hydrogen-bond acceptors (Lipinski definition) is 4. The van der Waals surface area contributed by atoms with Crippen molar-refractivity contribution in [2.75, 3.05) is 19.8 Å². The minimum absolute atomic E-state index is 0.0989. The molecule has 1 aromatic carbocycles. The van der Waals surface area contributed by atoms with Gasteiger partial charge in [0.25, 0.3) is 15.0 Å². The number of nitrogens with one attached hydrogen (secondary N) is 1. The normalized spacial score (nSPS) is 18.7. The molecule has 1 aliphatic rings. The third-order valence-electron chi connectivity index (χ3n) is 3.10. The van der Waals surface area contributed by atoms with Gasteiger partial charge in [0.1, 0.15) is 0 Å². The average molecular weight is 340 g/mol. The Morgan fingerprint density at radius 2 is 2.14 bits per heavy atom. The number of hydrogen-bond donors (Lipinski definition) is 1. The lowest BCUT2D eigenvalue weighted by Crippen LogP contribution is -2.30. The molecule has 1 fully saturated rings. The highest BCUT2D eigenvalue weighted by atomic mass is 35.7. The second-order valence-electron chi connectivity index (χ2n) is 4.64. The van der Waals surface area contributed by atoms with Gasteiger partial charge in [0.15, 0.2) is 11.6 Å². The van der Waals surface area contributed by atoms with Crippen molar-refractivity contribution in [3.05, 3.63) is 29.3 Å². The first-order chi connectivity index (χ1) is 9.79. The van der Waals surface area contributed by atoms with E-state index in [4.69, 9.17) is 15.4 Å². The van der Waals surface area contributed by atoms with Gasteiger partial charge in [-0.25, -0.2) is 17.2 Å². The molecule has 1 saturated heterocycles. The number of halogens is 3. The van der Waals surface area contributed by atoms with E-state index < -0.39 is 37.1 Å².